The predicted octanol–water partition coefficient (Wildman–Crippen LogP) is 3.62. The highest BCUT2D eigenvalue weighted by atomic mass is 32.1. The summed E-state index contributed by atoms with van der Waals surface area (Å²) in [5.41, 5.74) is 2.10. The van der Waals surface area contributed by atoms with Crippen molar-refractivity contribution in [2.24, 2.45) is 0 Å². The standard InChI is InChI=1S/C18H15N3OS/c22-17(15-7-3-11-23-15)18-20-9-10-21(18)12-14-5-1-4-13-6-2-8-19-16(13)14/h1-11,17,22H,12H2. The topological polar surface area (TPSA) is 50.9 Å². The first kappa shape index (κ1) is 14.1. The van der Waals surface area contributed by atoms with Gasteiger partial charge >= 0.3 is 0 Å². The number of benzene rings is 1. The molecule has 0 aliphatic carbocycles. The largest absolute Gasteiger partial charge is 0.380 e. The van der Waals surface area contributed by atoms with Crippen molar-refractivity contribution in [3.8, 4) is 0 Å². The van der Waals surface area contributed by atoms with Gasteiger partial charge in [-0.2, -0.15) is 0 Å². The highest BCUT2D eigenvalue weighted by Gasteiger charge is 2.17. The first-order valence-electron chi connectivity index (χ1n) is 7.38. The van der Waals surface area contributed by atoms with E-state index in [0.717, 1.165) is 21.3 Å². The van der Waals surface area contributed by atoms with E-state index in [4.69, 9.17) is 0 Å². The molecule has 4 aromatic rings. The number of thiophene rings is 1. The molecule has 1 unspecified atom stereocenters. The molecule has 0 saturated carbocycles. The lowest BCUT2D eigenvalue weighted by Gasteiger charge is -2.13. The summed E-state index contributed by atoms with van der Waals surface area (Å²) in [6, 6.07) is 14.0. The van der Waals surface area contributed by atoms with Crippen molar-refractivity contribution in [1.82, 2.24) is 14.5 Å². The third-order valence-corrected chi connectivity index (χ3v) is 4.79. The molecule has 0 bridgehead atoms. The summed E-state index contributed by atoms with van der Waals surface area (Å²) in [4.78, 5) is 9.74. The van der Waals surface area contributed by atoms with Gasteiger partial charge in [-0.1, -0.05) is 30.3 Å². The molecule has 0 aliphatic rings. The van der Waals surface area contributed by atoms with Crippen molar-refractivity contribution in [2.75, 3.05) is 0 Å². The molecule has 0 saturated heterocycles. The fourth-order valence-corrected chi connectivity index (χ4v) is 3.46. The number of aliphatic hydroxyl groups excluding tert-OH is 1. The second kappa shape index (κ2) is 5.95. The number of nitrogens with zero attached hydrogens (tertiary/aromatic N) is 3. The third-order valence-electron chi connectivity index (χ3n) is 3.86. The average Bonchev–Trinajstić information content (AvgIpc) is 3.26. The molecule has 23 heavy (non-hydrogen) atoms. The van der Waals surface area contributed by atoms with Crippen LogP contribution in [0, 0.1) is 0 Å². The number of hydrogen-bond acceptors (Lipinski definition) is 4. The smallest absolute Gasteiger partial charge is 0.146 e. The first-order chi connectivity index (χ1) is 11.3. The highest BCUT2D eigenvalue weighted by molar-refractivity contribution is 7.10. The van der Waals surface area contributed by atoms with Crippen LogP contribution in [-0.2, 0) is 6.54 Å². The maximum atomic E-state index is 10.6. The van der Waals surface area contributed by atoms with Gasteiger partial charge in [0.25, 0.3) is 0 Å². The van der Waals surface area contributed by atoms with Crippen molar-refractivity contribution < 1.29 is 5.11 Å². The summed E-state index contributed by atoms with van der Waals surface area (Å²) in [6.07, 6.45) is 4.73. The Labute approximate surface area is 137 Å². The number of hydrogen-bond donors (Lipinski definition) is 1. The van der Waals surface area contributed by atoms with E-state index in [1.54, 1.807) is 12.4 Å². The quantitative estimate of drug-likeness (QED) is 0.624. The Hall–Kier alpha value is -2.50. The van der Waals surface area contributed by atoms with Gasteiger partial charge in [0.1, 0.15) is 11.9 Å². The molecule has 0 aliphatic heterocycles. The molecular weight excluding hydrogens is 306 g/mol. The van der Waals surface area contributed by atoms with Crippen molar-refractivity contribution in [3.63, 3.8) is 0 Å². The lowest BCUT2D eigenvalue weighted by Crippen LogP contribution is -2.10. The molecule has 0 fully saturated rings. The fraction of sp³-hybridized carbons (Fsp3) is 0.111. The number of imidazole rings is 1. The van der Waals surface area contributed by atoms with Crippen molar-refractivity contribution in [1.29, 1.82) is 0 Å². The zero-order valence-electron chi connectivity index (χ0n) is 12.3. The van der Waals surface area contributed by atoms with Crippen LogP contribution in [0.5, 0.6) is 0 Å². The maximum absolute atomic E-state index is 10.6. The molecule has 0 radical (unpaired) electrons. The van der Waals surface area contributed by atoms with E-state index in [1.807, 2.05) is 40.4 Å². The second-order valence-corrected chi connectivity index (χ2v) is 6.30. The van der Waals surface area contributed by atoms with Gasteiger partial charge in [0.05, 0.1) is 12.1 Å². The molecule has 3 aromatic heterocycles. The maximum Gasteiger partial charge on any atom is 0.146 e. The Bertz CT molecular complexity index is 925. The lowest BCUT2D eigenvalue weighted by atomic mass is 10.1. The summed E-state index contributed by atoms with van der Waals surface area (Å²) in [5, 5.41) is 13.6. The van der Waals surface area contributed by atoms with Crippen LogP contribution in [0.2, 0.25) is 0 Å². The number of pyridine rings is 1. The van der Waals surface area contributed by atoms with Crippen molar-refractivity contribution in [3.05, 3.63) is 82.7 Å². The average molecular weight is 321 g/mol. The van der Waals surface area contributed by atoms with E-state index in [0.29, 0.717) is 12.4 Å². The van der Waals surface area contributed by atoms with Crippen LogP contribution in [0.25, 0.3) is 10.9 Å². The van der Waals surface area contributed by atoms with Gasteiger partial charge < -0.3 is 9.67 Å². The van der Waals surface area contributed by atoms with Crippen molar-refractivity contribution in [2.45, 2.75) is 12.6 Å². The molecule has 3 heterocycles. The zero-order valence-corrected chi connectivity index (χ0v) is 13.1. The Balaban J connectivity index is 1.71. The molecule has 1 aromatic carbocycles. The monoisotopic (exact) mass is 321 g/mol. The molecule has 0 spiro atoms. The van der Waals surface area contributed by atoms with E-state index >= 15 is 0 Å². The molecule has 1 atom stereocenters. The van der Waals surface area contributed by atoms with E-state index in [9.17, 15) is 5.11 Å². The van der Waals surface area contributed by atoms with Crippen LogP contribution >= 0.6 is 11.3 Å². The Kier molecular flexibility index (Phi) is 3.65. The van der Waals surface area contributed by atoms with Crippen LogP contribution in [-0.4, -0.2) is 19.6 Å². The highest BCUT2D eigenvalue weighted by Crippen LogP contribution is 2.26. The van der Waals surface area contributed by atoms with Gasteiger partial charge in [-0.3, -0.25) is 4.98 Å². The summed E-state index contributed by atoms with van der Waals surface area (Å²) < 4.78 is 1.98. The number of aromatic nitrogens is 3. The van der Waals surface area contributed by atoms with Gasteiger partial charge in [-0.05, 0) is 23.1 Å². The molecule has 1 N–H and O–H groups in total. The number of rotatable bonds is 4. The number of aliphatic hydroxyl groups is 1. The van der Waals surface area contributed by atoms with Gasteiger partial charge in [0, 0.05) is 28.9 Å². The SMILES string of the molecule is OC(c1cccs1)c1nccn1Cc1cccc2cccnc12. The molecule has 114 valence electrons. The molecule has 4 rings (SSSR count). The Morgan fingerprint density at radius 1 is 1.04 bits per heavy atom. The zero-order chi connectivity index (χ0) is 15.6. The van der Waals surface area contributed by atoms with Gasteiger partial charge in [-0.15, -0.1) is 11.3 Å². The minimum absolute atomic E-state index is 0.631. The summed E-state index contributed by atoms with van der Waals surface area (Å²) in [5.74, 6) is 0.653. The normalized spacial score (nSPS) is 12.6. The number of para-hydroxylation sites is 1. The van der Waals surface area contributed by atoms with Crippen LogP contribution in [0.4, 0.5) is 0 Å². The van der Waals surface area contributed by atoms with E-state index in [2.05, 4.69) is 28.2 Å². The Morgan fingerprint density at radius 3 is 2.83 bits per heavy atom. The van der Waals surface area contributed by atoms with Crippen LogP contribution in [0.3, 0.4) is 0 Å². The second-order valence-electron chi connectivity index (χ2n) is 5.32. The van der Waals surface area contributed by atoms with E-state index < -0.39 is 6.10 Å². The minimum Gasteiger partial charge on any atom is -0.380 e. The summed E-state index contributed by atoms with van der Waals surface area (Å²) in [7, 11) is 0. The third kappa shape index (κ3) is 2.65. The molecule has 4 nitrogen and oxygen atoms in total. The molecular formula is C18H15N3OS. The number of fused-ring (bicyclic) bond motifs is 1. The molecule has 5 heteroatoms. The van der Waals surface area contributed by atoms with Crippen molar-refractivity contribution >= 4 is 22.2 Å². The minimum atomic E-state index is -0.701. The van der Waals surface area contributed by atoms with Gasteiger partial charge in [0.15, 0.2) is 0 Å². The van der Waals surface area contributed by atoms with Gasteiger partial charge in [0.2, 0.25) is 0 Å². The van der Waals surface area contributed by atoms with Crippen LogP contribution < -0.4 is 0 Å². The summed E-state index contributed by atoms with van der Waals surface area (Å²) >= 11 is 1.53. The fourth-order valence-electron chi connectivity index (χ4n) is 2.75. The predicted molar refractivity (Wildman–Crippen MR) is 91.5 cm³/mol. The first-order valence-corrected chi connectivity index (χ1v) is 8.26. The van der Waals surface area contributed by atoms with Crippen LogP contribution in [0.1, 0.15) is 22.4 Å². The van der Waals surface area contributed by atoms with E-state index in [1.165, 1.54) is 11.3 Å². The van der Waals surface area contributed by atoms with Crippen LogP contribution in [0.15, 0.2) is 66.4 Å². The van der Waals surface area contributed by atoms with E-state index in [-0.39, 0.29) is 0 Å². The lowest BCUT2D eigenvalue weighted by molar-refractivity contribution is 0.209. The summed E-state index contributed by atoms with van der Waals surface area (Å²) in [6.45, 7) is 0.631. The van der Waals surface area contributed by atoms with Gasteiger partial charge in [-0.25, -0.2) is 4.98 Å². The molecule has 0 amide bonds. The Morgan fingerprint density at radius 2 is 1.96 bits per heavy atom.